The Morgan fingerprint density at radius 3 is 2.31 bits per heavy atom. The SMILES string of the molecule is COc1ccc(-n2c(C(=O)CCc3ccc(CC(=O)O)cc3)c3n(c2=O)CCN(C(=O)c2ccc(Br)c(Cl)c2)C3)cc1. The number of nitrogens with zero attached hydrogens (tertiary/aromatic N) is 3. The third-order valence-electron chi connectivity index (χ3n) is 7.25. The summed E-state index contributed by atoms with van der Waals surface area (Å²) >= 11 is 9.57. The van der Waals surface area contributed by atoms with Gasteiger partial charge in [0, 0.05) is 29.5 Å². The zero-order chi connectivity index (χ0) is 30.0. The standard InChI is InChI=1S/C31H27BrClN3O6/c1-42-23-10-8-22(9-11-23)36-29(27(37)13-6-19-2-4-20(5-3-19)16-28(38)39)26-18-34(14-15-35(26)31(36)41)30(40)21-7-12-24(32)25(33)17-21/h2-5,7-12,17H,6,13-16,18H2,1H3,(H,38,39). The van der Waals surface area contributed by atoms with Crippen molar-refractivity contribution in [2.75, 3.05) is 13.7 Å². The quantitative estimate of drug-likeness (QED) is 0.250. The molecule has 11 heteroatoms. The normalized spacial score (nSPS) is 12.6. The van der Waals surface area contributed by atoms with E-state index in [-0.39, 0.29) is 49.0 Å². The van der Waals surface area contributed by atoms with Crippen LogP contribution in [0.25, 0.3) is 5.69 Å². The van der Waals surface area contributed by atoms with E-state index in [4.69, 9.17) is 21.4 Å². The van der Waals surface area contributed by atoms with Crippen LogP contribution in [0, 0.1) is 0 Å². The largest absolute Gasteiger partial charge is 0.497 e. The number of aromatic nitrogens is 2. The number of ketones is 1. The second kappa shape index (κ2) is 12.4. The van der Waals surface area contributed by atoms with Crippen LogP contribution in [0.2, 0.25) is 5.02 Å². The molecule has 0 fully saturated rings. The van der Waals surface area contributed by atoms with E-state index < -0.39 is 5.97 Å². The van der Waals surface area contributed by atoms with Gasteiger partial charge in [0.05, 0.1) is 36.5 Å². The molecular weight excluding hydrogens is 626 g/mol. The van der Waals surface area contributed by atoms with E-state index in [1.165, 1.54) is 4.57 Å². The molecule has 4 aromatic rings. The van der Waals surface area contributed by atoms with E-state index in [1.807, 2.05) is 0 Å². The molecule has 5 rings (SSSR count). The lowest BCUT2D eigenvalue weighted by molar-refractivity contribution is -0.136. The molecule has 1 N–H and O–H groups in total. The van der Waals surface area contributed by atoms with Crippen molar-refractivity contribution in [3.63, 3.8) is 0 Å². The predicted molar refractivity (Wildman–Crippen MR) is 161 cm³/mol. The maximum Gasteiger partial charge on any atom is 0.333 e. The van der Waals surface area contributed by atoms with Gasteiger partial charge in [-0.3, -0.25) is 23.5 Å². The molecule has 1 aliphatic rings. The first-order chi connectivity index (χ1) is 20.2. The van der Waals surface area contributed by atoms with Gasteiger partial charge in [-0.2, -0.15) is 0 Å². The Balaban J connectivity index is 1.48. The van der Waals surface area contributed by atoms with E-state index in [0.29, 0.717) is 50.7 Å². The van der Waals surface area contributed by atoms with Crippen molar-refractivity contribution in [1.29, 1.82) is 0 Å². The van der Waals surface area contributed by atoms with Crippen LogP contribution in [0.4, 0.5) is 0 Å². The Morgan fingerprint density at radius 2 is 1.67 bits per heavy atom. The predicted octanol–water partition coefficient (Wildman–Crippen LogP) is 5.16. The number of benzene rings is 3. The molecule has 0 aliphatic carbocycles. The fourth-order valence-corrected chi connectivity index (χ4v) is 5.50. The number of carboxylic acids is 1. The van der Waals surface area contributed by atoms with E-state index in [9.17, 15) is 19.2 Å². The van der Waals surface area contributed by atoms with Gasteiger partial charge in [-0.25, -0.2) is 4.79 Å². The fourth-order valence-electron chi connectivity index (χ4n) is 5.08. The van der Waals surface area contributed by atoms with Gasteiger partial charge < -0.3 is 14.7 Å². The van der Waals surface area contributed by atoms with Gasteiger partial charge in [0.2, 0.25) is 0 Å². The Morgan fingerprint density at radius 1 is 0.976 bits per heavy atom. The number of hydrogen-bond donors (Lipinski definition) is 1. The molecule has 0 atom stereocenters. The first-order valence-corrected chi connectivity index (χ1v) is 14.4. The van der Waals surface area contributed by atoms with Crippen LogP contribution in [0.1, 0.15) is 44.1 Å². The molecule has 0 radical (unpaired) electrons. The average molecular weight is 653 g/mol. The highest BCUT2D eigenvalue weighted by Gasteiger charge is 2.32. The van der Waals surface area contributed by atoms with E-state index in [1.54, 1.807) is 83.3 Å². The smallest absolute Gasteiger partial charge is 0.333 e. The Bertz CT molecular complexity index is 1730. The lowest BCUT2D eigenvalue weighted by Gasteiger charge is -2.28. The number of amides is 1. The van der Waals surface area contributed by atoms with Crippen LogP contribution < -0.4 is 10.4 Å². The molecule has 0 saturated heterocycles. The van der Waals surface area contributed by atoms with Crippen molar-refractivity contribution in [1.82, 2.24) is 14.0 Å². The van der Waals surface area contributed by atoms with Gasteiger partial charge >= 0.3 is 11.7 Å². The van der Waals surface area contributed by atoms with Gasteiger partial charge in [-0.05, 0) is 75.9 Å². The number of carbonyl (C=O) groups is 3. The number of carbonyl (C=O) groups excluding carboxylic acids is 2. The second-order valence-electron chi connectivity index (χ2n) is 9.93. The molecule has 2 heterocycles. The summed E-state index contributed by atoms with van der Waals surface area (Å²) in [6.07, 6.45) is 0.431. The topological polar surface area (TPSA) is 111 Å². The van der Waals surface area contributed by atoms with Crippen LogP contribution in [0.3, 0.4) is 0 Å². The molecule has 0 saturated carbocycles. The third kappa shape index (κ3) is 6.05. The summed E-state index contributed by atoms with van der Waals surface area (Å²) in [4.78, 5) is 53.6. The Kier molecular flexibility index (Phi) is 8.65. The molecule has 216 valence electrons. The number of methoxy groups -OCH3 is 1. The fraction of sp³-hybridized carbons (Fsp3) is 0.226. The Labute approximate surface area is 255 Å². The monoisotopic (exact) mass is 651 g/mol. The zero-order valence-electron chi connectivity index (χ0n) is 22.7. The molecular formula is C31H27BrClN3O6. The molecule has 0 unspecified atom stereocenters. The number of hydrogen-bond acceptors (Lipinski definition) is 5. The highest BCUT2D eigenvalue weighted by Crippen LogP contribution is 2.27. The van der Waals surface area contributed by atoms with E-state index >= 15 is 0 Å². The summed E-state index contributed by atoms with van der Waals surface area (Å²) in [5.41, 5.74) is 2.82. The summed E-state index contributed by atoms with van der Waals surface area (Å²) in [5.74, 6) is -0.795. The molecule has 1 amide bonds. The van der Waals surface area contributed by atoms with Gasteiger partial charge in [0.1, 0.15) is 11.4 Å². The van der Waals surface area contributed by atoms with Crippen molar-refractivity contribution in [2.24, 2.45) is 0 Å². The summed E-state index contributed by atoms with van der Waals surface area (Å²) in [7, 11) is 1.55. The summed E-state index contributed by atoms with van der Waals surface area (Å²) < 4.78 is 8.92. The number of rotatable bonds is 9. The van der Waals surface area contributed by atoms with Crippen molar-refractivity contribution < 1.29 is 24.2 Å². The molecule has 1 aliphatic heterocycles. The van der Waals surface area contributed by atoms with Crippen LogP contribution in [0.15, 0.2) is 76.0 Å². The number of imidazole rings is 1. The lowest BCUT2D eigenvalue weighted by atomic mass is 10.0. The van der Waals surface area contributed by atoms with Crippen molar-refractivity contribution in [3.8, 4) is 11.4 Å². The van der Waals surface area contributed by atoms with Crippen molar-refractivity contribution in [3.05, 3.63) is 115 Å². The molecule has 0 bridgehead atoms. The first-order valence-electron chi connectivity index (χ1n) is 13.2. The molecule has 42 heavy (non-hydrogen) atoms. The highest BCUT2D eigenvalue weighted by atomic mass is 79.9. The zero-order valence-corrected chi connectivity index (χ0v) is 25.0. The maximum atomic E-state index is 13.9. The number of halogens is 2. The summed E-state index contributed by atoms with van der Waals surface area (Å²) in [6.45, 7) is 0.608. The Hall–Kier alpha value is -4.15. The van der Waals surface area contributed by atoms with Crippen LogP contribution in [0.5, 0.6) is 5.75 Å². The third-order valence-corrected chi connectivity index (χ3v) is 8.48. The molecule has 1 aromatic heterocycles. The highest BCUT2D eigenvalue weighted by molar-refractivity contribution is 9.10. The number of fused-ring (bicyclic) bond motifs is 1. The minimum atomic E-state index is -0.913. The number of carboxylic acid groups (broad SMARTS) is 1. The number of Topliss-reactive ketones (excluding diaryl/α,β-unsaturated/α-hetero) is 1. The molecule has 3 aromatic carbocycles. The lowest BCUT2D eigenvalue weighted by Crippen LogP contribution is -2.41. The van der Waals surface area contributed by atoms with Crippen LogP contribution in [-0.2, 0) is 30.7 Å². The van der Waals surface area contributed by atoms with Gasteiger partial charge in [0.25, 0.3) is 5.91 Å². The second-order valence-corrected chi connectivity index (χ2v) is 11.2. The van der Waals surface area contributed by atoms with Gasteiger partial charge in [-0.1, -0.05) is 35.9 Å². The molecule has 0 spiro atoms. The maximum absolute atomic E-state index is 13.9. The van der Waals surface area contributed by atoms with E-state index in [0.717, 1.165) is 5.56 Å². The minimum Gasteiger partial charge on any atom is -0.497 e. The minimum absolute atomic E-state index is 0.0775. The summed E-state index contributed by atoms with van der Waals surface area (Å²) in [6, 6.07) is 18.9. The van der Waals surface area contributed by atoms with Crippen molar-refractivity contribution >= 4 is 45.2 Å². The summed E-state index contributed by atoms with van der Waals surface area (Å²) in [5, 5.41) is 9.42. The van der Waals surface area contributed by atoms with Crippen LogP contribution in [-0.4, -0.2) is 50.5 Å². The van der Waals surface area contributed by atoms with Crippen molar-refractivity contribution in [2.45, 2.75) is 32.4 Å². The van der Waals surface area contributed by atoms with Gasteiger partial charge in [-0.15, -0.1) is 0 Å². The van der Waals surface area contributed by atoms with E-state index in [2.05, 4.69) is 15.9 Å². The average Bonchev–Trinajstić information content (AvgIpc) is 3.28. The number of aryl methyl sites for hydroxylation is 1. The number of aliphatic carboxylic acids is 1. The molecule has 9 nitrogen and oxygen atoms in total. The van der Waals surface area contributed by atoms with Gasteiger partial charge in [0.15, 0.2) is 5.78 Å². The van der Waals surface area contributed by atoms with Crippen LogP contribution >= 0.6 is 27.5 Å². The first kappa shape index (κ1) is 29.3. The number of ether oxygens (including phenoxy) is 1.